The van der Waals surface area contributed by atoms with Gasteiger partial charge in [-0.3, -0.25) is 9.69 Å². The van der Waals surface area contributed by atoms with Gasteiger partial charge in [-0.15, -0.1) is 0 Å². The maximum atomic E-state index is 14.5. The zero-order valence-corrected chi connectivity index (χ0v) is 20.4. The number of hydrogen-bond donors (Lipinski definition) is 0. The summed E-state index contributed by atoms with van der Waals surface area (Å²) in [6.45, 7) is 7.35. The third-order valence-corrected chi connectivity index (χ3v) is 6.07. The van der Waals surface area contributed by atoms with E-state index in [1.165, 1.54) is 11.0 Å². The minimum Gasteiger partial charge on any atom is -0.497 e. The molecule has 0 atom stereocenters. The number of anilines is 1. The normalized spacial score (nSPS) is 14.7. The molecule has 3 aromatic rings. The topological polar surface area (TPSA) is 60.8 Å². The van der Waals surface area contributed by atoms with Crippen molar-refractivity contribution in [2.24, 2.45) is 0 Å². The molecular weight excluding hydrogens is 447 g/mol. The van der Waals surface area contributed by atoms with Crippen molar-refractivity contribution < 1.29 is 23.5 Å². The zero-order valence-electron chi connectivity index (χ0n) is 20.4. The van der Waals surface area contributed by atoms with Gasteiger partial charge in [0.2, 0.25) is 0 Å². The van der Waals surface area contributed by atoms with Crippen molar-refractivity contribution in [2.75, 3.05) is 18.6 Å². The van der Waals surface area contributed by atoms with E-state index in [-0.39, 0.29) is 29.5 Å². The molecule has 0 saturated heterocycles. The average Bonchev–Trinajstić information content (AvgIpc) is 3.25. The summed E-state index contributed by atoms with van der Waals surface area (Å²) in [4.78, 5) is 28.1. The highest BCUT2D eigenvalue weighted by molar-refractivity contribution is 6.23. The summed E-state index contributed by atoms with van der Waals surface area (Å²) in [5.41, 5.74) is 4.20. The van der Waals surface area contributed by atoms with Gasteiger partial charge in [-0.1, -0.05) is 12.1 Å². The predicted molar refractivity (Wildman–Crippen MR) is 133 cm³/mol. The molecule has 1 aromatic heterocycles. The molecule has 0 radical (unpaired) electrons. The van der Waals surface area contributed by atoms with E-state index in [2.05, 4.69) is 0 Å². The van der Waals surface area contributed by atoms with Crippen LogP contribution in [0.2, 0.25) is 0 Å². The predicted octanol–water partition coefficient (Wildman–Crippen LogP) is 5.51. The Balaban J connectivity index is 1.84. The number of para-hydroxylation sites is 1. The number of rotatable bonds is 6. The Morgan fingerprint density at radius 2 is 1.74 bits per heavy atom. The molecule has 180 valence electrons. The van der Waals surface area contributed by atoms with E-state index in [0.29, 0.717) is 28.4 Å². The smallest absolute Gasteiger partial charge is 0.340 e. The second-order valence-electron chi connectivity index (χ2n) is 8.19. The van der Waals surface area contributed by atoms with E-state index >= 15 is 0 Å². The minimum absolute atomic E-state index is 0.182. The maximum absolute atomic E-state index is 14.5. The summed E-state index contributed by atoms with van der Waals surface area (Å²) < 4.78 is 26.8. The second kappa shape index (κ2) is 9.62. The summed E-state index contributed by atoms with van der Waals surface area (Å²) in [7, 11) is 1.57. The highest BCUT2D eigenvalue weighted by Gasteiger charge is 2.38. The molecule has 1 aliphatic rings. The monoisotopic (exact) mass is 474 g/mol. The lowest BCUT2D eigenvalue weighted by Crippen LogP contribution is -2.24. The van der Waals surface area contributed by atoms with Gasteiger partial charge >= 0.3 is 5.97 Å². The van der Waals surface area contributed by atoms with Gasteiger partial charge in [-0.2, -0.15) is 0 Å². The highest BCUT2D eigenvalue weighted by Crippen LogP contribution is 2.37. The number of hydrogen-bond acceptors (Lipinski definition) is 4. The van der Waals surface area contributed by atoms with Crippen LogP contribution in [0.5, 0.6) is 5.75 Å². The van der Waals surface area contributed by atoms with E-state index in [9.17, 15) is 14.0 Å². The molecule has 7 heteroatoms. The Morgan fingerprint density at radius 3 is 2.37 bits per heavy atom. The lowest BCUT2D eigenvalue weighted by atomic mass is 10.0. The van der Waals surface area contributed by atoms with Gasteiger partial charge in [-0.25, -0.2) is 9.18 Å². The summed E-state index contributed by atoms with van der Waals surface area (Å²) in [6.07, 6.45) is 1.68. The molecule has 0 N–H and O–H groups in total. The molecule has 2 aromatic carbocycles. The molecule has 4 rings (SSSR count). The van der Waals surface area contributed by atoms with E-state index in [1.807, 2.05) is 19.9 Å². The highest BCUT2D eigenvalue weighted by atomic mass is 19.1. The van der Waals surface area contributed by atoms with E-state index < -0.39 is 5.97 Å². The lowest BCUT2D eigenvalue weighted by molar-refractivity contribution is -0.138. The van der Waals surface area contributed by atoms with Crippen molar-refractivity contribution in [3.8, 4) is 11.4 Å². The fraction of sp³-hybridized carbons (Fsp3) is 0.214. The van der Waals surface area contributed by atoms with Crippen LogP contribution in [0.25, 0.3) is 11.8 Å². The number of esters is 1. The van der Waals surface area contributed by atoms with Gasteiger partial charge < -0.3 is 14.0 Å². The van der Waals surface area contributed by atoms with Gasteiger partial charge in [0.05, 0.1) is 30.6 Å². The molecule has 0 unspecified atom stereocenters. The fourth-order valence-corrected chi connectivity index (χ4v) is 4.42. The van der Waals surface area contributed by atoms with Crippen LogP contribution in [-0.2, 0) is 14.3 Å². The molecule has 35 heavy (non-hydrogen) atoms. The first-order chi connectivity index (χ1) is 16.8. The first kappa shape index (κ1) is 24.0. The van der Waals surface area contributed by atoms with E-state index in [4.69, 9.17) is 9.47 Å². The minimum atomic E-state index is -0.566. The fourth-order valence-electron chi connectivity index (χ4n) is 4.42. The molecule has 1 aliphatic heterocycles. The molecule has 1 amide bonds. The number of aryl methyl sites for hydroxylation is 1. The largest absolute Gasteiger partial charge is 0.497 e. The van der Waals surface area contributed by atoms with Gasteiger partial charge in [-0.05, 0) is 81.8 Å². The SMILES string of the molecule is CCOC(=O)C1=C(C)N(c2ccc(OC)cc2)C(=O)/C1=C\c1cc(C)n(-c2ccccc2F)c1C. The summed E-state index contributed by atoms with van der Waals surface area (Å²) >= 11 is 0. The maximum Gasteiger partial charge on any atom is 0.340 e. The first-order valence-electron chi connectivity index (χ1n) is 11.3. The number of carbonyl (C=O) groups excluding carboxylic acids is 2. The molecule has 0 fully saturated rings. The van der Waals surface area contributed by atoms with E-state index in [0.717, 1.165) is 11.4 Å². The molecule has 0 aliphatic carbocycles. The van der Waals surface area contributed by atoms with Crippen LogP contribution >= 0.6 is 0 Å². The summed E-state index contributed by atoms with van der Waals surface area (Å²) in [6, 6.07) is 15.4. The van der Waals surface area contributed by atoms with Crippen molar-refractivity contribution in [3.05, 3.63) is 94.2 Å². The molecule has 0 bridgehead atoms. The standard InChI is InChI=1S/C28H27FN2O4/c1-6-35-28(33)26-19(4)31(21-11-13-22(34-5)14-12-21)27(32)23(26)16-20-15-17(2)30(18(20)3)25-10-8-7-9-24(25)29/h7-16H,6H2,1-5H3/b23-16-. The van der Waals surface area contributed by atoms with E-state index in [1.54, 1.807) is 74.1 Å². The van der Waals surface area contributed by atoms with Crippen LogP contribution in [-0.4, -0.2) is 30.2 Å². The zero-order chi connectivity index (χ0) is 25.3. The Labute approximate surface area is 203 Å². The lowest BCUT2D eigenvalue weighted by Gasteiger charge is -2.18. The van der Waals surface area contributed by atoms with Crippen molar-refractivity contribution in [3.63, 3.8) is 0 Å². The van der Waals surface area contributed by atoms with Crippen molar-refractivity contribution in [1.82, 2.24) is 4.57 Å². The van der Waals surface area contributed by atoms with Crippen molar-refractivity contribution in [1.29, 1.82) is 0 Å². The van der Waals surface area contributed by atoms with Crippen LogP contribution < -0.4 is 9.64 Å². The van der Waals surface area contributed by atoms with Crippen LogP contribution in [0, 0.1) is 19.7 Å². The summed E-state index contributed by atoms with van der Waals surface area (Å²) in [5.74, 6) is -0.599. The number of carbonyl (C=O) groups is 2. The number of benzene rings is 2. The second-order valence-corrected chi connectivity index (χ2v) is 8.19. The number of aromatic nitrogens is 1. The van der Waals surface area contributed by atoms with Crippen LogP contribution in [0.1, 0.15) is 30.8 Å². The average molecular weight is 475 g/mol. The number of halogens is 1. The molecule has 6 nitrogen and oxygen atoms in total. The number of nitrogens with zero attached hydrogens (tertiary/aromatic N) is 2. The van der Waals surface area contributed by atoms with Gasteiger partial charge in [0.1, 0.15) is 11.6 Å². The van der Waals surface area contributed by atoms with Crippen molar-refractivity contribution >= 4 is 23.6 Å². The third-order valence-electron chi connectivity index (χ3n) is 6.07. The molecule has 0 saturated carbocycles. The Bertz CT molecular complexity index is 1370. The molecule has 2 heterocycles. The Morgan fingerprint density at radius 1 is 1.06 bits per heavy atom. The van der Waals surface area contributed by atoms with Crippen molar-refractivity contribution in [2.45, 2.75) is 27.7 Å². The number of methoxy groups -OCH3 is 1. The molecular formula is C28H27FN2O4. The van der Waals surface area contributed by atoms with Gasteiger partial charge in [0, 0.05) is 22.8 Å². The first-order valence-corrected chi connectivity index (χ1v) is 11.3. The Hall–Kier alpha value is -4.13. The number of ether oxygens (including phenoxy) is 2. The molecule has 0 spiro atoms. The Kier molecular flexibility index (Phi) is 6.60. The van der Waals surface area contributed by atoms with Gasteiger partial charge in [0.25, 0.3) is 5.91 Å². The number of allylic oxidation sites excluding steroid dienone is 1. The van der Waals surface area contributed by atoms with Crippen LogP contribution in [0.4, 0.5) is 10.1 Å². The number of amides is 1. The third kappa shape index (κ3) is 4.25. The van der Waals surface area contributed by atoms with Gasteiger partial charge in [0.15, 0.2) is 0 Å². The quantitative estimate of drug-likeness (QED) is 0.349. The summed E-state index contributed by atoms with van der Waals surface area (Å²) in [5, 5.41) is 0. The van der Waals surface area contributed by atoms with Crippen LogP contribution in [0.15, 0.2) is 71.4 Å². The van der Waals surface area contributed by atoms with Crippen LogP contribution in [0.3, 0.4) is 0 Å².